The Morgan fingerprint density at radius 3 is 2.87 bits per heavy atom. The van der Waals surface area contributed by atoms with Crippen LogP contribution in [0, 0.1) is 17.7 Å². The van der Waals surface area contributed by atoms with Gasteiger partial charge in [-0.2, -0.15) is 0 Å². The first-order valence-electron chi connectivity index (χ1n) is 4.66. The molecule has 1 nitrogen and oxygen atoms in total. The highest BCUT2D eigenvalue weighted by atomic mass is 35.5. The summed E-state index contributed by atoms with van der Waals surface area (Å²) in [4.78, 5) is 0. The van der Waals surface area contributed by atoms with Gasteiger partial charge in [0.1, 0.15) is 0 Å². The lowest BCUT2D eigenvalue weighted by Crippen LogP contribution is -1.88. The first-order valence-corrected chi connectivity index (χ1v) is 5.19. The van der Waals surface area contributed by atoms with Gasteiger partial charge in [0.05, 0.1) is 7.11 Å². The van der Waals surface area contributed by atoms with Crippen LogP contribution < -0.4 is 4.74 Å². The maximum absolute atomic E-state index is 13.2. The molecule has 0 spiro atoms. The Balaban J connectivity index is 2.69. The quantitative estimate of drug-likeness (QED) is 0.437. The van der Waals surface area contributed by atoms with Gasteiger partial charge in [0.15, 0.2) is 11.6 Å². The van der Waals surface area contributed by atoms with Crippen LogP contribution in [-0.4, -0.2) is 13.0 Å². The third-order valence-corrected chi connectivity index (χ3v) is 2.09. The lowest BCUT2D eigenvalue weighted by atomic mass is 10.2. The van der Waals surface area contributed by atoms with Gasteiger partial charge in [-0.25, -0.2) is 4.39 Å². The molecule has 1 rings (SSSR count). The summed E-state index contributed by atoms with van der Waals surface area (Å²) < 4.78 is 18.0. The number of hydrogen-bond acceptors (Lipinski definition) is 1. The van der Waals surface area contributed by atoms with Crippen molar-refractivity contribution < 1.29 is 9.13 Å². The summed E-state index contributed by atoms with van der Waals surface area (Å²) in [5, 5.41) is 0. The fraction of sp³-hybridized carbons (Fsp3) is 0.333. The molecule has 0 unspecified atom stereocenters. The van der Waals surface area contributed by atoms with E-state index in [0.717, 1.165) is 12.8 Å². The Morgan fingerprint density at radius 1 is 1.47 bits per heavy atom. The molecule has 0 atom stereocenters. The summed E-state index contributed by atoms with van der Waals surface area (Å²) >= 11 is 5.50. The summed E-state index contributed by atoms with van der Waals surface area (Å²) in [6.07, 6.45) is 1.59. The summed E-state index contributed by atoms with van der Waals surface area (Å²) in [6, 6.07) is 4.67. The second-order valence-electron chi connectivity index (χ2n) is 2.94. The van der Waals surface area contributed by atoms with Gasteiger partial charge in [-0.15, -0.1) is 11.6 Å². The molecule has 0 radical (unpaired) electrons. The second-order valence-corrected chi connectivity index (χ2v) is 3.32. The van der Waals surface area contributed by atoms with Crippen LogP contribution in [0.3, 0.4) is 0 Å². The van der Waals surface area contributed by atoms with Gasteiger partial charge in [-0.05, 0) is 24.6 Å². The molecule has 0 fully saturated rings. The van der Waals surface area contributed by atoms with E-state index in [2.05, 4.69) is 11.8 Å². The monoisotopic (exact) mass is 226 g/mol. The summed E-state index contributed by atoms with van der Waals surface area (Å²) in [6.45, 7) is 0. The number of ether oxygens (including phenoxy) is 1. The van der Waals surface area contributed by atoms with E-state index in [-0.39, 0.29) is 11.6 Å². The molecule has 0 amide bonds. The van der Waals surface area contributed by atoms with E-state index in [1.807, 2.05) is 0 Å². The number of unbranched alkanes of at least 4 members (excludes halogenated alkanes) is 1. The molecule has 0 aromatic heterocycles. The van der Waals surface area contributed by atoms with Crippen molar-refractivity contribution in [2.24, 2.45) is 0 Å². The van der Waals surface area contributed by atoms with Gasteiger partial charge in [0.25, 0.3) is 0 Å². The second kappa shape index (κ2) is 6.31. The van der Waals surface area contributed by atoms with E-state index in [9.17, 15) is 4.39 Å². The number of benzene rings is 1. The van der Waals surface area contributed by atoms with Gasteiger partial charge in [-0.1, -0.05) is 11.8 Å². The fourth-order valence-electron chi connectivity index (χ4n) is 1.06. The zero-order valence-corrected chi connectivity index (χ0v) is 9.27. The fourth-order valence-corrected chi connectivity index (χ4v) is 1.20. The Morgan fingerprint density at radius 2 is 2.27 bits per heavy atom. The summed E-state index contributed by atoms with van der Waals surface area (Å²) in [7, 11) is 1.43. The SMILES string of the molecule is COc1ccc(C#CCCCCl)cc1F. The predicted molar refractivity (Wildman–Crippen MR) is 59.8 cm³/mol. The molecule has 3 heteroatoms. The van der Waals surface area contributed by atoms with Crippen molar-refractivity contribution in [1.29, 1.82) is 0 Å². The van der Waals surface area contributed by atoms with Crippen molar-refractivity contribution in [2.75, 3.05) is 13.0 Å². The normalized spacial score (nSPS) is 9.27. The zero-order valence-electron chi connectivity index (χ0n) is 8.52. The summed E-state index contributed by atoms with van der Waals surface area (Å²) in [5.74, 6) is 6.25. The van der Waals surface area contributed by atoms with Crippen LogP contribution in [0.4, 0.5) is 4.39 Å². The topological polar surface area (TPSA) is 9.23 Å². The van der Waals surface area contributed by atoms with Crippen LogP contribution in [0.1, 0.15) is 18.4 Å². The number of rotatable bonds is 3. The highest BCUT2D eigenvalue weighted by Gasteiger charge is 2.00. The van der Waals surface area contributed by atoms with Gasteiger partial charge in [0, 0.05) is 17.9 Å². The van der Waals surface area contributed by atoms with Gasteiger partial charge in [0.2, 0.25) is 0 Å². The zero-order chi connectivity index (χ0) is 11.1. The third-order valence-electron chi connectivity index (χ3n) is 1.82. The Kier molecular flexibility index (Phi) is 5.00. The molecule has 80 valence electrons. The highest BCUT2D eigenvalue weighted by Crippen LogP contribution is 2.16. The van der Waals surface area contributed by atoms with Crippen molar-refractivity contribution in [3.05, 3.63) is 29.6 Å². The smallest absolute Gasteiger partial charge is 0.166 e. The Hall–Kier alpha value is -1.20. The molecule has 15 heavy (non-hydrogen) atoms. The molecule has 0 saturated heterocycles. The van der Waals surface area contributed by atoms with E-state index in [1.165, 1.54) is 13.2 Å². The van der Waals surface area contributed by atoms with E-state index in [1.54, 1.807) is 12.1 Å². The van der Waals surface area contributed by atoms with Crippen molar-refractivity contribution in [3.63, 3.8) is 0 Å². The Bertz CT molecular complexity index is 379. The molecular weight excluding hydrogens is 215 g/mol. The van der Waals surface area contributed by atoms with Crippen LogP contribution in [0.25, 0.3) is 0 Å². The van der Waals surface area contributed by atoms with E-state index in [4.69, 9.17) is 16.3 Å². The number of halogens is 2. The predicted octanol–water partition coefficient (Wildman–Crippen LogP) is 3.20. The van der Waals surface area contributed by atoms with Crippen LogP contribution in [0.15, 0.2) is 18.2 Å². The van der Waals surface area contributed by atoms with Crippen LogP contribution >= 0.6 is 11.6 Å². The highest BCUT2D eigenvalue weighted by molar-refractivity contribution is 6.17. The minimum absolute atomic E-state index is 0.237. The number of alkyl halides is 1. The summed E-state index contributed by atoms with van der Waals surface area (Å²) in [5.41, 5.74) is 0.655. The van der Waals surface area contributed by atoms with E-state index < -0.39 is 0 Å². The number of hydrogen-bond donors (Lipinski definition) is 0. The van der Waals surface area contributed by atoms with E-state index in [0.29, 0.717) is 11.4 Å². The standard InChI is InChI=1S/C12H12ClFO/c1-15-12-7-6-10(9-11(12)14)5-3-2-4-8-13/h6-7,9H,2,4,8H2,1H3. The minimum Gasteiger partial charge on any atom is -0.494 e. The molecular formula is C12H12ClFO. The molecule has 1 aromatic rings. The van der Waals surface area contributed by atoms with Crippen LogP contribution in [0.5, 0.6) is 5.75 Å². The average Bonchev–Trinajstić information content (AvgIpc) is 2.25. The van der Waals surface area contributed by atoms with Gasteiger partial charge in [-0.3, -0.25) is 0 Å². The van der Waals surface area contributed by atoms with Gasteiger partial charge >= 0.3 is 0 Å². The van der Waals surface area contributed by atoms with Crippen molar-refractivity contribution >= 4 is 11.6 Å². The van der Waals surface area contributed by atoms with Crippen LogP contribution in [-0.2, 0) is 0 Å². The largest absolute Gasteiger partial charge is 0.494 e. The first kappa shape index (κ1) is 11.9. The average molecular weight is 227 g/mol. The molecule has 0 N–H and O–H groups in total. The maximum atomic E-state index is 13.2. The van der Waals surface area contributed by atoms with Crippen molar-refractivity contribution in [3.8, 4) is 17.6 Å². The molecule has 0 aliphatic carbocycles. The molecule has 1 aromatic carbocycles. The third kappa shape index (κ3) is 3.81. The van der Waals surface area contributed by atoms with Crippen molar-refractivity contribution in [1.82, 2.24) is 0 Å². The molecule has 0 aliphatic rings. The van der Waals surface area contributed by atoms with Crippen LogP contribution in [0.2, 0.25) is 0 Å². The molecule has 0 aliphatic heterocycles. The maximum Gasteiger partial charge on any atom is 0.166 e. The lowest BCUT2D eigenvalue weighted by molar-refractivity contribution is 0.386. The minimum atomic E-state index is -0.387. The number of methoxy groups -OCH3 is 1. The Labute approximate surface area is 94.2 Å². The molecule has 0 bridgehead atoms. The lowest BCUT2D eigenvalue weighted by Gasteiger charge is -2.00. The molecule has 0 saturated carbocycles. The van der Waals surface area contributed by atoms with E-state index >= 15 is 0 Å². The molecule has 0 heterocycles. The van der Waals surface area contributed by atoms with Gasteiger partial charge < -0.3 is 4.74 Å². The van der Waals surface area contributed by atoms with Crippen molar-refractivity contribution in [2.45, 2.75) is 12.8 Å². The first-order chi connectivity index (χ1) is 7.27.